The number of likely N-dealkylation sites (tertiary alicyclic amines) is 1. The maximum Gasteiger partial charge on any atom is 0.340 e. The van der Waals surface area contributed by atoms with Crippen molar-refractivity contribution in [2.75, 3.05) is 25.9 Å². The lowest BCUT2D eigenvalue weighted by molar-refractivity contribution is 0.0110. The molecule has 1 unspecified atom stereocenters. The number of carbonyl (C=O) groups excluding carboxylic acids is 1. The minimum absolute atomic E-state index is 0.0131. The number of esters is 1. The van der Waals surface area contributed by atoms with Crippen molar-refractivity contribution >= 4 is 11.7 Å². The van der Waals surface area contributed by atoms with E-state index in [0.717, 1.165) is 25.9 Å². The van der Waals surface area contributed by atoms with Gasteiger partial charge in [0.05, 0.1) is 5.56 Å². The van der Waals surface area contributed by atoms with Gasteiger partial charge in [-0.3, -0.25) is 0 Å². The number of ether oxygens (including phenoxy) is 1. The van der Waals surface area contributed by atoms with E-state index in [1.54, 1.807) is 24.3 Å². The highest BCUT2D eigenvalue weighted by Crippen LogP contribution is 2.17. The molecule has 1 aliphatic rings. The van der Waals surface area contributed by atoms with Gasteiger partial charge in [0.25, 0.3) is 0 Å². The highest BCUT2D eigenvalue weighted by Gasteiger charge is 2.22. The van der Waals surface area contributed by atoms with E-state index in [1.807, 2.05) is 7.05 Å². The molecule has 1 saturated heterocycles. The summed E-state index contributed by atoms with van der Waals surface area (Å²) in [5, 5.41) is 0. The van der Waals surface area contributed by atoms with Gasteiger partial charge in [0.1, 0.15) is 6.10 Å². The Morgan fingerprint density at radius 1 is 1.47 bits per heavy atom. The molecule has 1 heterocycles. The quantitative estimate of drug-likeness (QED) is 0.622. The van der Waals surface area contributed by atoms with E-state index in [0.29, 0.717) is 11.3 Å². The molecule has 1 aliphatic heterocycles. The summed E-state index contributed by atoms with van der Waals surface area (Å²) in [7, 11) is 2.04. The topological polar surface area (TPSA) is 55.6 Å². The number of benzene rings is 1. The molecule has 0 radical (unpaired) electrons. The second-order valence-electron chi connectivity index (χ2n) is 4.52. The summed E-state index contributed by atoms with van der Waals surface area (Å²) in [5.41, 5.74) is 6.68. The zero-order valence-corrected chi connectivity index (χ0v) is 10.1. The Labute approximate surface area is 101 Å². The first-order chi connectivity index (χ1) is 8.16. The van der Waals surface area contributed by atoms with Crippen molar-refractivity contribution in [1.82, 2.24) is 4.90 Å². The summed E-state index contributed by atoms with van der Waals surface area (Å²) in [6, 6.07) is 7.01. The molecule has 4 heteroatoms. The molecule has 92 valence electrons. The Morgan fingerprint density at radius 2 is 2.24 bits per heavy atom. The molecule has 0 saturated carbocycles. The fraction of sp³-hybridized carbons (Fsp3) is 0.462. The Kier molecular flexibility index (Phi) is 3.64. The maximum absolute atomic E-state index is 11.9. The summed E-state index contributed by atoms with van der Waals surface area (Å²) >= 11 is 0. The summed E-state index contributed by atoms with van der Waals surface area (Å²) in [6.07, 6.45) is 1.99. The summed E-state index contributed by atoms with van der Waals surface area (Å²) in [5.74, 6) is -0.316. The van der Waals surface area contributed by atoms with Gasteiger partial charge in [-0.25, -0.2) is 4.79 Å². The lowest BCUT2D eigenvalue weighted by Crippen LogP contribution is -2.38. The number of piperidine rings is 1. The Morgan fingerprint density at radius 3 is 2.94 bits per heavy atom. The van der Waals surface area contributed by atoms with E-state index in [4.69, 9.17) is 10.5 Å². The number of para-hydroxylation sites is 1. The highest BCUT2D eigenvalue weighted by molar-refractivity contribution is 5.95. The molecule has 0 spiro atoms. The van der Waals surface area contributed by atoms with Crippen molar-refractivity contribution in [3.8, 4) is 0 Å². The van der Waals surface area contributed by atoms with Crippen LogP contribution < -0.4 is 5.73 Å². The normalized spacial score (nSPS) is 21.1. The average molecular weight is 234 g/mol. The molecule has 0 aliphatic carbocycles. The molecule has 1 atom stereocenters. The number of hydrogen-bond donors (Lipinski definition) is 1. The Bertz CT molecular complexity index is 406. The number of nitrogens with two attached hydrogens (primary N) is 1. The highest BCUT2D eigenvalue weighted by atomic mass is 16.5. The predicted molar refractivity (Wildman–Crippen MR) is 66.8 cm³/mol. The van der Waals surface area contributed by atoms with Gasteiger partial charge in [0.15, 0.2) is 0 Å². The summed E-state index contributed by atoms with van der Waals surface area (Å²) in [4.78, 5) is 14.1. The van der Waals surface area contributed by atoms with Crippen molar-refractivity contribution in [2.45, 2.75) is 18.9 Å². The van der Waals surface area contributed by atoms with Crippen LogP contribution in [0.15, 0.2) is 24.3 Å². The SMILES string of the molecule is CN1CCCC(OC(=O)c2ccccc2N)C1. The summed E-state index contributed by atoms with van der Waals surface area (Å²) in [6.45, 7) is 1.88. The van der Waals surface area contributed by atoms with Crippen LogP contribution >= 0.6 is 0 Å². The average Bonchev–Trinajstić information content (AvgIpc) is 2.29. The Hall–Kier alpha value is -1.55. The first-order valence-electron chi connectivity index (χ1n) is 5.91. The molecule has 0 amide bonds. The zero-order valence-electron chi connectivity index (χ0n) is 10.1. The van der Waals surface area contributed by atoms with Crippen LogP contribution in [0, 0.1) is 0 Å². The number of nitrogen functional groups attached to an aromatic ring is 1. The molecule has 2 N–H and O–H groups in total. The number of anilines is 1. The lowest BCUT2D eigenvalue weighted by atomic mass is 10.1. The summed E-state index contributed by atoms with van der Waals surface area (Å²) < 4.78 is 5.47. The van der Waals surface area contributed by atoms with Crippen LogP contribution in [0.3, 0.4) is 0 Å². The zero-order chi connectivity index (χ0) is 12.3. The fourth-order valence-electron chi connectivity index (χ4n) is 2.11. The van der Waals surface area contributed by atoms with Crippen molar-refractivity contribution in [3.05, 3.63) is 29.8 Å². The molecule has 1 aromatic carbocycles. The van der Waals surface area contributed by atoms with E-state index in [9.17, 15) is 4.79 Å². The van der Waals surface area contributed by atoms with Crippen LogP contribution in [0.2, 0.25) is 0 Å². The molecule has 1 fully saturated rings. The minimum Gasteiger partial charge on any atom is -0.457 e. The van der Waals surface area contributed by atoms with Crippen molar-refractivity contribution in [1.29, 1.82) is 0 Å². The largest absolute Gasteiger partial charge is 0.457 e. The molecule has 4 nitrogen and oxygen atoms in total. The molecule has 0 aromatic heterocycles. The smallest absolute Gasteiger partial charge is 0.340 e. The number of carbonyl (C=O) groups is 1. The monoisotopic (exact) mass is 234 g/mol. The van der Waals surface area contributed by atoms with Crippen LogP contribution in [-0.2, 0) is 4.74 Å². The third kappa shape index (κ3) is 2.97. The van der Waals surface area contributed by atoms with Gasteiger partial charge in [-0.2, -0.15) is 0 Å². The molecule has 2 rings (SSSR count). The van der Waals surface area contributed by atoms with Crippen molar-refractivity contribution in [2.24, 2.45) is 0 Å². The van der Waals surface area contributed by atoms with Crippen molar-refractivity contribution < 1.29 is 9.53 Å². The fourth-order valence-corrected chi connectivity index (χ4v) is 2.11. The second-order valence-corrected chi connectivity index (χ2v) is 4.52. The lowest BCUT2D eigenvalue weighted by Gasteiger charge is -2.29. The van der Waals surface area contributed by atoms with Crippen molar-refractivity contribution in [3.63, 3.8) is 0 Å². The maximum atomic E-state index is 11.9. The standard InChI is InChI=1S/C13H18N2O2/c1-15-8-4-5-10(9-15)17-13(16)11-6-2-3-7-12(11)14/h2-3,6-7,10H,4-5,8-9,14H2,1H3. The first kappa shape index (κ1) is 11.9. The molecular weight excluding hydrogens is 216 g/mol. The van der Waals surface area contributed by atoms with Crippen LogP contribution in [0.5, 0.6) is 0 Å². The Balaban J connectivity index is 1.99. The molecule has 0 bridgehead atoms. The van der Waals surface area contributed by atoms with E-state index >= 15 is 0 Å². The number of rotatable bonds is 2. The van der Waals surface area contributed by atoms with Gasteiger partial charge in [-0.1, -0.05) is 12.1 Å². The third-order valence-corrected chi connectivity index (χ3v) is 3.04. The van der Waals surface area contributed by atoms with Gasteiger partial charge in [0.2, 0.25) is 0 Å². The van der Waals surface area contributed by atoms with Gasteiger partial charge >= 0.3 is 5.97 Å². The third-order valence-electron chi connectivity index (χ3n) is 3.04. The van der Waals surface area contributed by atoms with Crippen LogP contribution in [0.25, 0.3) is 0 Å². The molecular formula is C13H18N2O2. The van der Waals surface area contributed by atoms with Gasteiger partial charge < -0.3 is 15.4 Å². The van der Waals surface area contributed by atoms with E-state index in [-0.39, 0.29) is 12.1 Å². The van der Waals surface area contributed by atoms with E-state index < -0.39 is 0 Å². The van der Waals surface area contributed by atoms with Crippen LogP contribution in [0.1, 0.15) is 23.2 Å². The molecule has 1 aromatic rings. The predicted octanol–water partition coefficient (Wildman–Crippen LogP) is 1.52. The van der Waals surface area contributed by atoms with Gasteiger partial charge in [0, 0.05) is 12.2 Å². The van der Waals surface area contributed by atoms with Gasteiger partial charge in [-0.15, -0.1) is 0 Å². The van der Waals surface area contributed by atoms with Gasteiger partial charge in [-0.05, 0) is 38.6 Å². The second kappa shape index (κ2) is 5.19. The van der Waals surface area contributed by atoms with E-state index in [1.165, 1.54) is 0 Å². The van der Waals surface area contributed by atoms with Crippen LogP contribution in [-0.4, -0.2) is 37.1 Å². The first-order valence-corrected chi connectivity index (χ1v) is 5.91. The number of hydrogen-bond acceptors (Lipinski definition) is 4. The molecule has 17 heavy (non-hydrogen) atoms. The number of nitrogens with zero attached hydrogens (tertiary/aromatic N) is 1. The van der Waals surface area contributed by atoms with Crippen LogP contribution in [0.4, 0.5) is 5.69 Å². The van der Waals surface area contributed by atoms with E-state index in [2.05, 4.69) is 4.90 Å². The minimum atomic E-state index is -0.316. The number of likely N-dealkylation sites (N-methyl/N-ethyl adjacent to an activating group) is 1.